The number of unbranched alkanes of at least 4 members (excludes halogenated alkanes) is 3. The Balaban J connectivity index is 1.49. The molecule has 218 valence electrons. The lowest BCUT2D eigenvalue weighted by molar-refractivity contribution is -0.140. The number of ketones is 1. The van der Waals surface area contributed by atoms with E-state index in [0.717, 1.165) is 42.8 Å². The number of hydrogen-bond donors (Lipinski definition) is 1. The van der Waals surface area contributed by atoms with Crippen LogP contribution in [0.1, 0.15) is 61.2 Å². The topological polar surface area (TPSA) is 96.6 Å². The fraction of sp³-hybridized carbons (Fsp3) is 0.469. The van der Waals surface area contributed by atoms with Crippen molar-refractivity contribution in [2.75, 3.05) is 46.0 Å². The zero-order valence-corrected chi connectivity index (χ0v) is 24.3. The van der Waals surface area contributed by atoms with E-state index in [0.29, 0.717) is 49.9 Å². The number of carbonyl (C=O) groups is 2. The lowest BCUT2D eigenvalue weighted by Crippen LogP contribution is -2.42. The van der Waals surface area contributed by atoms with E-state index in [-0.39, 0.29) is 11.3 Å². The molecule has 5 rings (SSSR count). The number of aliphatic hydroxyl groups is 1. The molecule has 9 nitrogen and oxygen atoms in total. The molecule has 0 radical (unpaired) electrons. The molecule has 1 amide bonds. The Kier molecular flexibility index (Phi) is 9.05. The number of nitrogens with zero attached hydrogens (tertiary/aromatic N) is 4. The molecule has 9 heteroatoms. The van der Waals surface area contributed by atoms with Gasteiger partial charge in [0.25, 0.3) is 11.7 Å². The van der Waals surface area contributed by atoms with Crippen molar-refractivity contribution < 1.29 is 24.2 Å². The number of imidazole rings is 1. The van der Waals surface area contributed by atoms with Gasteiger partial charge in [-0.3, -0.25) is 14.5 Å². The third kappa shape index (κ3) is 6.01. The van der Waals surface area contributed by atoms with Crippen LogP contribution in [0.25, 0.3) is 11.4 Å². The number of carbonyl (C=O) groups excluding carboxylic acids is 2. The summed E-state index contributed by atoms with van der Waals surface area (Å²) in [5.41, 5.74) is 3.46. The molecule has 2 saturated heterocycles. The van der Waals surface area contributed by atoms with E-state index < -0.39 is 17.7 Å². The molecule has 1 unspecified atom stereocenters. The van der Waals surface area contributed by atoms with Crippen molar-refractivity contribution in [2.45, 2.75) is 52.5 Å². The molecule has 2 aromatic heterocycles. The fourth-order valence-corrected chi connectivity index (χ4v) is 5.67. The Morgan fingerprint density at radius 3 is 2.51 bits per heavy atom. The second-order valence-electron chi connectivity index (χ2n) is 10.9. The molecule has 41 heavy (non-hydrogen) atoms. The van der Waals surface area contributed by atoms with Crippen molar-refractivity contribution in [3.8, 4) is 5.75 Å². The maximum atomic E-state index is 13.6. The normalized spacial score (nSPS) is 19.4. The minimum Gasteiger partial charge on any atom is -0.505 e. The Labute approximate surface area is 241 Å². The number of pyridine rings is 1. The number of morpholine rings is 1. The molecule has 0 bridgehead atoms. The van der Waals surface area contributed by atoms with E-state index in [4.69, 9.17) is 9.47 Å². The Bertz CT molecular complexity index is 1420. The predicted octanol–water partition coefficient (Wildman–Crippen LogP) is 4.66. The number of Topliss-reactive ketones (excluding diaryl/α,β-unsaturated/α-hetero) is 1. The Morgan fingerprint density at radius 2 is 1.80 bits per heavy atom. The van der Waals surface area contributed by atoms with Crippen molar-refractivity contribution in [3.05, 3.63) is 70.7 Å². The summed E-state index contributed by atoms with van der Waals surface area (Å²) in [5, 5.41) is 11.6. The number of aromatic nitrogens is 2. The highest BCUT2D eigenvalue weighted by molar-refractivity contribution is 6.46. The molecule has 1 N–H and O–H groups in total. The summed E-state index contributed by atoms with van der Waals surface area (Å²) in [6.45, 7) is 10.4. The average Bonchev–Trinajstić information content (AvgIpc) is 3.46. The van der Waals surface area contributed by atoms with Gasteiger partial charge in [-0.05, 0) is 49.6 Å². The summed E-state index contributed by atoms with van der Waals surface area (Å²) in [7, 11) is 0. The zero-order chi connectivity index (χ0) is 28.9. The van der Waals surface area contributed by atoms with Crippen LogP contribution in [0.3, 0.4) is 0 Å². The van der Waals surface area contributed by atoms with Crippen LogP contribution in [-0.4, -0.2) is 82.0 Å². The molecule has 0 aliphatic carbocycles. The van der Waals surface area contributed by atoms with Gasteiger partial charge in [0.05, 0.1) is 37.1 Å². The van der Waals surface area contributed by atoms with Crippen LogP contribution in [-0.2, 0) is 14.3 Å². The lowest BCUT2D eigenvalue weighted by atomic mass is 9.96. The molecule has 2 fully saturated rings. The molecule has 0 saturated carbocycles. The molecule has 4 heterocycles. The summed E-state index contributed by atoms with van der Waals surface area (Å²) in [6, 6.07) is 10.6. The van der Waals surface area contributed by atoms with Crippen molar-refractivity contribution in [1.29, 1.82) is 0 Å². The Morgan fingerprint density at radius 1 is 1.05 bits per heavy atom. The van der Waals surface area contributed by atoms with Gasteiger partial charge in [0, 0.05) is 32.4 Å². The number of fused-ring (bicyclic) bond motifs is 1. The van der Waals surface area contributed by atoms with Gasteiger partial charge in [0.15, 0.2) is 5.76 Å². The largest absolute Gasteiger partial charge is 0.505 e. The number of hydrogen-bond acceptors (Lipinski definition) is 7. The van der Waals surface area contributed by atoms with Crippen LogP contribution in [0, 0.1) is 13.8 Å². The molecular formula is C32H40N4O5. The smallest absolute Gasteiger partial charge is 0.295 e. The van der Waals surface area contributed by atoms with Gasteiger partial charge < -0.3 is 23.9 Å². The van der Waals surface area contributed by atoms with Gasteiger partial charge in [0.1, 0.15) is 17.1 Å². The summed E-state index contributed by atoms with van der Waals surface area (Å²) < 4.78 is 13.3. The number of rotatable bonds is 11. The van der Waals surface area contributed by atoms with E-state index in [9.17, 15) is 14.7 Å². The van der Waals surface area contributed by atoms with E-state index >= 15 is 0 Å². The molecule has 1 atom stereocenters. The molecule has 1 aromatic carbocycles. The first kappa shape index (κ1) is 28.8. The maximum Gasteiger partial charge on any atom is 0.295 e. The highest BCUT2D eigenvalue weighted by atomic mass is 16.5. The minimum atomic E-state index is -0.736. The molecular weight excluding hydrogens is 520 g/mol. The van der Waals surface area contributed by atoms with Gasteiger partial charge in [-0.2, -0.15) is 0 Å². The first-order chi connectivity index (χ1) is 19.9. The zero-order valence-electron chi connectivity index (χ0n) is 24.3. The molecule has 0 spiro atoms. The first-order valence-corrected chi connectivity index (χ1v) is 14.7. The van der Waals surface area contributed by atoms with Crippen LogP contribution in [0.4, 0.5) is 0 Å². The van der Waals surface area contributed by atoms with Gasteiger partial charge in [-0.25, -0.2) is 4.98 Å². The van der Waals surface area contributed by atoms with E-state index in [1.807, 2.05) is 60.8 Å². The van der Waals surface area contributed by atoms with Gasteiger partial charge in [0.2, 0.25) is 0 Å². The first-order valence-electron chi connectivity index (χ1n) is 14.7. The van der Waals surface area contributed by atoms with Gasteiger partial charge in [-0.1, -0.05) is 44.4 Å². The standard InChI is InChI=1S/C32H40N4O5/c1-4-5-6-7-19-41-25-12-10-24(11-13-25)28-26(29(37)27-23(3)35-14-8-9-22(2)31(35)33-27)30(38)32(39)36(28)16-15-34-17-20-40-21-18-34/h8-14,28,37H,4-7,15-21H2,1-3H3. The summed E-state index contributed by atoms with van der Waals surface area (Å²) >= 11 is 0. The third-order valence-corrected chi connectivity index (χ3v) is 8.07. The van der Waals surface area contributed by atoms with Crippen LogP contribution in [0.5, 0.6) is 5.75 Å². The van der Waals surface area contributed by atoms with E-state index in [1.165, 1.54) is 12.8 Å². The number of aryl methyl sites for hydroxylation is 2. The highest BCUT2D eigenvalue weighted by Crippen LogP contribution is 2.40. The highest BCUT2D eigenvalue weighted by Gasteiger charge is 2.46. The Hall–Kier alpha value is -3.69. The van der Waals surface area contributed by atoms with Crippen molar-refractivity contribution in [2.24, 2.45) is 0 Å². The van der Waals surface area contributed by atoms with Crippen LogP contribution < -0.4 is 4.74 Å². The summed E-state index contributed by atoms with van der Waals surface area (Å²) in [6.07, 6.45) is 6.37. The molecule has 3 aromatic rings. The van der Waals surface area contributed by atoms with Crippen LogP contribution in [0.2, 0.25) is 0 Å². The second kappa shape index (κ2) is 12.9. The fourth-order valence-electron chi connectivity index (χ4n) is 5.67. The van der Waals surface area contributed by atoms with Crippen molar-refractivity contribution >= 4 is 23.1 Å². The predicted molar refractivity (Wildman–Crippen MR) is 157 cm³/mol. The third-order valence-electron chi connectivity index (χ3n) is 8.07. The summed E-state index contributed by atoms with van der Waals surface area (Å²) in [4.78, 5) is 35.5. The quantitative estimate of drug-likeness (QED) is 0.158. The lowest BCUT2D eigenvalue weighted by Gasteiger charge is -2.31. The van der Waals surface area contributed by atoms with Crippen molar-refractivity contribution in [3.63, 3.8) is 0 Å². The minimum absolute atomic E-state index is 0.0642. The van der Waals surface area contributed by atoms with Crippen LogP contribution >= 0.6 is 0 Å². The molecule has 2 aliphatic rings. The van der Waals surface area contributed by atoms with E-state index in [2.05, 4.69) is 16.8 Å². The van der Waals surface area contributed by atoms with Gasteiger partial charge >= 0.3 is 0 Å². The number of likely N-dealkylation sites (tertiary alicyclic amines) is 1. The van der Waals surface area contributed by atoms with E-state index in [1.54, 1.807) is 4.90 Å². The van der Waals surface area contributed by atoms with Crippen molar-refractivity contribution in [1.82, 2.24) is 19.2 Å². The number of benzene rings is 1. The monoisotopic (exact) mass is 560 g/mol. The molecule has 2 aliphatic heterocycles. The maximum absolute atomic E-state index is 13.6. The summed E-state index contributed by atoms with van der Waals surface area (Å²) in [5.74, 6) is -0.821. The van der Waals surface area contributed by atoms with Gasteiger partial charge in [-0.15, -0.1) is 0 Å². The average molecular weight is 561 g/mol. The number of aliphatic hydroxyl groups excluding tert-OH is 1. The SMILES string of the molecule is CCCCCCOc1ccc(C2C(=C(O)c3nc4c(C)cccn4c3C)C(=O)C(=O)N2CCN2CCOCC2)cc1. The van der Waals surface area contributed by atoms with Crippen LogP contribution in [0.15, 0.2) is 48.2 Å². The number of amides is 1. The second-order valence-corrected chi connectivity index (χ2v) is 10.9. The number of ether oxygens (including phenoxy) is 2.